The molecule has 0 aliphatic carbocycles. The lowest BCUT2D eigenvalue weighted by molar-refractivity contribution is -0.116. The SMILES string of the molecule is CC(CC(=O)Nc1ncn(Cc2ccc(Br)cc2)n1)NC(=O)c1ccccc1. The third-order valence-corrected chi connectivity index (χ3v) is 4.48. The van der Waals surface area contributed by atoms with Gasteiger partial charge in [-0.3, -0.25) is 14.9 Å². The van der Waals surface area contributed by atoms with E-state index in [1.807, 2.05) is 30.3 Å². The molecule has 1 unspecified atom stereocenters. The quantitative estimate of drug-likeness (QED) is 0.588. The molecule has 0 aliphatic rings. The van der Waals surface area contributed by atoms with Crippen molar-refractivity contribution in [2.75, 3.05) is 5.32 Å². The molecule has 1 heterocycles. The van der Waals surface area contributed by atoms with Crippen LogP contribution in [-0.4, -0.2) is 32.6 Å². The lowest BCUT2D eigenvalue weighted by Gasteiger charge is -2.13. The molecule has 2 amide bonds. The second-order valence-electron chi connectivity index (χ2n) is 6.39. The number of carbonyl (C=O) groups excluding carboxylic acids is 2. The Kier molecular flexibility index (Phi) is 6.54. The predicted octanol–water partition coefficient (Wildman–Crippen LogP) is 3.24. The minimum Gasteiger partial charge on any atom is -0.349 e. The van der Waals surface area contributed by atoms with Gasteiger partial charge in [0.05, 0.1) is 6.54 Å². The number of nitrogens with zero attached hydrogens (tertiary/aromatic N) is 3. The molecule has 0 saturated carbocycles. The van der Waals surface area contributed by atoms with Crippen LogP contribution in [0, 0.1) is 0 Å². The van der Waals surface area contributed by atoms with Crippen molar-refractivity contribution in [1.29, 1.82) is 0 Å². The van der Waals surface area contributed by atoms with Crippen molar-refractivity contribution in [2.45, 2.75) is 25.9 Å². The van der Waals surface area contributed by atoms with Crippen LogP contribution in [-0.2, 0) is 11.3 Å². The van der Waals surface area contributed by atoms with E-state index in [1.54, 1.807) is 42.2 Å². The van der Waals surface area contributed by atoms with Gasteiger partial charge in [-0.25, -0.2) is 9.67 Å². The van der Waals surface area contributed by atoms with E-state index in [0.29, 0.717) is 12.1 Å². The van der Waals surface area contributed by atoms with Gasteiger partial charge in [-0.1, -0.05) is 46.3 Å². The summed E-state index contributed by atoms with van der Waals surface area (Å²) in [6, 6.07) is 16.5. The lowest BCUT2D eigenvalue weighted by atomic mass is 10.1. The molecule has 0 fully saturated rings. The number of anilines is 1. The Morgan fingerprint density at radius 3 is 2.54 bits per heavy atom. The van der Waals surface area contributed by atoms with Crippen molar-refractivity contribution < 1.29 is 9.59 Å². The van der Waals surface area contributed by atoms with Crippen molar-refractivity contribution in [3.05, 3.63) is 76.5 Å². The first-order valence-corrected chi connectivity index (χ1v) is 9.58. The third kappa shape index (κ3) is 5.75. The van der Waals surface area contributed by atoms with E-state index in [-0.39, 0.29) is 30.2 Å². The van der Waals surface area contributed by atoms with Crippen LogP contribution in [0.1, 0.15) is 29.3 Å². The Hall–Kier alpha value is -3.00. The van der Waals surface area contributed by atoms with Crippen LogP contribution in [0.5, 0.6) is 0 Å². The molecule has 1 atom stereocenters. The van der Waals surface area contributed by atoms with E-state index in [2.05, 4.69) is 36.6 Å². The number of rotatable bonds is 7. The summed E-state index contributed by atoms with van der Waals surface area (Å²) in [5.74, 6) is -0.233. The first-order chi connectivity index (χ1) is 13.5. The fraction of sp³-hybridized carbons (Fsp3) is 0.200. The van der Waals surface area contributed by atoms with Crippen LogP contribution in [0.25, 0.3) is 0 Å². The Morgan fingerprint density at radius 1 is 1.11 bits per heavy atom. The maximum absolute atomic E-state index is 12.2. The molecule has 2 N–H and O–H groups in total. The highest BCUT2D eigenvalue weighted by atomic mass is 79.9. The normalized spacial score (nSPS) is 11.6. The van der Waals surface area contributed by atoms with Gasteiger partial charge in [-0.15, -0.1) is 5.10 Å². The molecule has 0 saturated heterocycles. The number of aromatic nitrogens is 3. The molecule has 2 aromatic carbocycles. The van der Waals surface area contributed by atoms with Gasteiger partial charge in [0.25, 0.3) is 5.91 Å². The highest BCUT2D eigenvalue weighted by Crippen LogP contribution is 2.11. The maximum atomic E-state index is 12.2. The van der Waals surface area contributed by atoms with Gasteiger partial charge in [0.15, 0.2) is 0 Å². The zero-order chi connectivity index (χ0) is 19.9. The number of carbonyl (C=O) groups is 2. The van der Waals surface area contributed by atoms with Gasteiger partial charge < -0.3 is 5.32 Å². The summed E-state index contributed by atoms with van der Waals surface area (Å²) >= 11 is 3.40. The zero-order valence-corrected chi connectivity index (χ0v) is 16.9. The van der Waals surface area contributed by atoms with Crippen molar-refractivity contribution in [1.82, 2.24) is 20.1 Å². The van der Waals surface area contributed by atoms with Crippen LogP contribution >= 0.6 is 15.9 Å². The van der Waals surface area contributed by atoms with Crippen LogP contribution in [0.15, 0.2) is 65.4 Å². The molecule has 0 radical (unpaired) electrons. The summed E-state index contributed by atoms with van der Waals surface area (Å²) in [5.41, 5.74) is 1.63. The van der Waals surface area contributed by atoms with Gasteiger partial charge >= 0.3 is 0 Å². The first-order valence-electron chi connectivity index (χ1n) is 8.79. The van der Waals surface area contributed by atoms with Crippen LogP contribution < -0.4 is 10.6 Å². The van der Waals surface area contributed by atoms with Crippen molar-refractivity contribution in [2.24, 2.45) is 0 Å². The molecule has 7 nitrogen and oxygen atoms in total. The van der Waals surface area contributed by atoms with Gasteiger partial charge in [0.1, 0.15) is 6.33 Å². The second kappa shape index (κ2) is 9.27. The molecule has 144 valence electrons. The highest BCUT2D eigenvalue weighted by Gasteiger charge is 2.14. The maximum Gasteiger partial charge on any atom is 0.251 e. The Labute approximate surface area is 171 Å². The van der Waals surface area contributed by atoms with E-state index < -0.39 is 0 Å². The Balaban J connectivity index is 1.48. The molecule has 0 spiro atoms. The van der Waals surface area contributed by atoms with E-state index in [4.69, 9.17) is 0 Å². The first kappa shape index (κ1) is 19.8. The van der Waals surface area contributed by atoms with Gasteiger partial charge in [-0.05, 0) is 36.8 Å². The monoisotopic (exact) mass is 441 g/mol. The lowest BCUT2D eigenvalue weighted by Crippen LogP contribution is -2.35. The summed E-state index contributed by atoms with van der Waals surface area (Å²) in [7, 11) is 0. The summed E-state index contributed by atoms with van der Waals surface area (Å²) in [4.78, 5) is 28.4. The van der Waals surface area contributed by atoms with Gasteiger partial charge in [0, 0.05) is 22.5 Å². The molecular weight excluding hydrogens is 422 g/mol. The topological polar surface area (TPSA) is 88.9 Å². The van der Waals surface area contributed by atoms with Gasteiger partial charge in [0.2, 0.25) is 11.9 Å². The average Bonchev–Trinajstić information content (AvgIpc) is 3.10. The van der Waals surface area contributed by atoms with Crippen LogP contribution in [0.3, 0.4) is 0 Å². The van der Waals surface area contributed by atoms with Gasteiger partial charge in [-0.2, -0.15) is 0 Å². The Bertz CT molecular complexity index is 941. The van der Waals surface area contributed by atoms with Crippen LogP contribution in [0.2, 0.25) is 0 Å². The molecule has 3 aromatic rings. The number of benzene rings is 2. The number of amides is 2. The van der Waals surface area contributed by atoms with E-state index in [1.165, 1.54) is 0 Å². The zero-order valence-electron chi connectivity index (χ0n) is 15.3. The molecule has 0 aliphatic heterocycles. The molecule has 1 aromatic heterocycles. The molecule has 28 heavy (non-hydrogen) atoms. The summed E-state index contributed by atoms with van der Waals surface area (Å²) in [5, 5.41) is 9.72. The van der Waals surface area contributed by atoms with E-state index in [0.717, 1.165) is 10.0 Å². The van der Waals surface area contributed by atoms with Crippen molar-refractivity contribution >= 4 is 33.7 Å². The third-order valence-electron chi connectivity index (χ3n) is 3.95. The average molecular weight is 442 g/mol. The van der Waals surface area contributed by atoms with Crippen molar-refractivity contribution in [3.63, 3.8) is 0 Å². The number of nitrogens with one attached hydrogen (secondary N) is 2. The summed E-state index contributed by atoms with van der Waals surface area (Å²) in [6.07, 6.45) is 1.69. The molecule has 8 heteroatoms. The fourth-order valence-electron chi connectivity index (χ4n) is 2.61. The number of hydrogen-bond acceptors (Lipinski definition) is 4. The molecule has 3 rings (SSSR count). The van der Waals surface area contributed by atoms with E-state index >= 15 is 0 Å². The van der Waals surface area contributed by atoms with Crippen LogP contribution in [0.4, 0.5) is 5.95 Å². The fourth-order valence-corrected chi connectivity index (χ4v) is 2.87. The summed E-state index contributed by atoms with van der Waals surface area (Å²) in [6.45, 7) is 2.33. The number of halogens is 1. The second-order valence-corrected chi connectivity index (χ2v) is 7.30. The highest BCUT2D eigenvalue weighted by molar-refractivity contribution is 9.10. The minimum atomic E-state index is -0.322. The predicted molar refractivity (Wildman–Crippen MR) is 110 cm³/mol. The Morgan fingerprint density at radius 2 is 1.82 bits per heavy atom. The largest absolute Gasteiger partial charge is 0.349 e. The number of hydrogen-bond donors (Lipinski definition) is 2. The molecular formula is C20H20BrN5O2. The standard InChI is InChI=1S/C20H20BrN5O2/c1-14(23-19(28)16-5-3-2-4-6-16)11-18(27)24-20-22-13-26(25-20)12-15-7-9-17(21)10-8-15/h2-10,13-14H,11-12H2,1H3,(H,23,28)(H,24,25,27). The van der Waals surface area contributed by atoms with E-state index in [9.17, 15) is 9.59 Å². The molecule has 0 bridgehead atoms. The summed E-state index contributed by atoms with van der Waals surface area (Å²) < 4.78 is 2.66. The smallest absolute Gasteiger partial charge is 0.251 e. The van der Waals surface area contributed by atoms with Crippen molar-refractivity contribution in [3.8, 4) is 0 Å². The minimum absolute atomic E-state index is 0.125.